The molecule has 0 saturated heterocycles. The average Bonchev–Trinajstić information content (AvgIpc) is 3.14. The highest BCUT2D eigenvalue weighted by Crippen LogP contribution is 2.38. The van der Waals surface area contributed by atoms with Crippen molar-refractivity contribution in [1.29, 1.82) is 0 Å². The molecule has 0 bridgehead atoms. The molecule has 1 fully saturated rings. The second-order valence-corrected chi connectivity index (χ2v) is 4.10. The van der Waals surface area contributed by atoms with E-state index in [-0.39, 0.29) is 5.78 Å². The van der Waals surface area contributed by atoms with Crippen LogP contribution in [-0.2, 0) is 4.74 Å². The highest BCUT2D eigenvalue weighted by atomic mass is 16.5. The summed E-state index contributed by atoms with van der Waals surface area (Å²) >= 11 is 0. The Balaban J connectivity index is 2.56. The summed E-state index contributed by atoms with van der Waals surface area (Å²) in [6, 6.07) is 5.45. The molecule has 3 heteroatoms. The fourth-order valence-electron chi connectivity index (χ4n) is 1.88. The summed E-state index contributed by atoms with van der Waals surface area (Å²) in [7, 11) is 3.26. The summed E-state index contributed by atoms with van der Waals surface area (Å²) < 4.78 is 10.6. The Bertz CT molecular complexity index is 480. The molecule has 0 radical (unpaired) electrons. The van der Waals surface area contributed by atoms with Gasteiger partial charge in [-0.2, -0.15) is 0 Å². The number of ether oxygens (including phenoxy) is 2. The lowest BCUT2D eigenvalue weighted by Gasteiger charge is -2.12. The predicted molar refractivity (Wildman–Crippen MR) is 66.2 cm³/mol. The standard InChI is InChI=1S/C14H16O3/c1-9(15)12-7-6-11(16-2)8-13(12)14(17-3)10-4-5-10/h6-8H,4-5H2,1-3H3. The van der Waals surface area contributed by atoms with E-state index < -0.39 is 0 Å². The lowest BCUT2D eigenvalue weighted by molar-refractivity contribution is 0.101. The van der Waals surface area contributed by atoms with Gasteiger partial charge in [0.2, 0.25) is 0 Å². The van der Waals surface area contributed by atoms with Crippen LogP contribution in [0.5, 0.6) is 5.75 Å². The second-order valence-electron chi connectivity index (χ2n) is 4.10. The Labute approximate surface area is 101 Å². The minimum Gasteiger partial charge on any atom is -0.497 e. The molecular weight excluding hydrogens is 216 g/mol. The van der Waals surface area contributed by atoms with Crippen molar-refractivity contribution >= 4 is 11.5 Å². The second kappa shape index (κ2) is 4.62. The van der Waals surface area contributed by atoms with Gasteiger partial charge in [-0.15, -0.1) is 0 Å². The number of hydrogen-bond donors (Lipinski definition) is 0. The van der Waals surface area contributed by atoms with Crippen LogP contribution in [0.15, 0.2) is 23.8 Å². The molecule has 0 amide bonds. The zero-order valence-corrected chi connectivity index (χ0v) is 10.4. The number of methoxy groups -OCH3 is 2. The van der Waals surface area contributed by atoms with Crippen molar-refractivity contribution in [2.24, 2.45) is 0 Å². The number of allylic oxidation sites excluding steroid dienone is 1. The maximum absolute atomic E-state index is 11.6. The van der Waals surface area contributed by atoms with Gasteiger partial charge in [0.1, 0.15) is 11.5 Å². The van der Waals surface area contributed by atoms with E-state index in [0.717, 1.165) is 29.9 Å². The number of Topliss-reactive ketones (excluding diaryl/α,β-unsaturated/α-hetero) is 1. The number of ketones is 1. The van der Waals surface area contributed by atoms with Gasteiger partial charge in [0.25, 0.3) is 0 Å². The normalized spacial score (nSPS) is 13.2. The molecule has 0 N–H and O–H groups in total. The highest BCUT2D eigenvalue weighted by molar-refractivity contribution is 5.99. The lowest BCUT2D eigenvalue weighted by Crippen LogP contribution is -2.01. The van der Waals surface area contributed by atoms with E-state index in [1.165, 1.54) is 5.57 Å². The molecule has 1 aromatic rings. The summed E-state index contributed by atoms with van der Waals surface area (Å²) in [5.74, 6) is 1.60. The number of hydrogen-bond acceptors (Lipinski definition) is 3. The van der Waals surface area contributed by atoms with Crippen molar-refractivity contribution in [2.75, 3.05) is 14.2 Å². The predicted octanol–water partition coefficient (Wildman–Crippen LogP) is 3.05. The van der Waals surface area contributed by atoms with E-state index in [1.54, 1.807) is 33.3 Å². The Kier molecular flexibility index (Phi) is 3.18. The molecule has 1 aromatic carbocycles. The topological polar surface area (TPSA) is 35.5 Å². The van der Waals surface area contributed by atoms with Gasteiger partial charge in [0, 0.05) is 11.1 Å². The maximum Gasteiger partial charge on any atom is 0.160 e. The molecule has 0 aromatic heterocycles. The van der Waals surface area contributed by atoms with Gasteiger partial charge >= 0.3 is 0 Å². The van der Waals surface area contributed by atoms with Crippen molar-refractivity contribution in [3.05, 3.63) is 34.9 Å². The monoisotopic (exact) mass is 232 g/mol. The van der Waals surface area contributed by atoms with E-state index in [4.69, 9.17) is 9.47 Å². The fraction of sp³-hybridized carbons (Fsp3) is 0.357. The molecule has 1 saturated carbocycles. The summed E-state index contributed by atoms with van der Waals surface area (Å²) in [4.78, 5) is 11.6. The Hall–Kier alpha value is -1.77. The Morgan fingerprint density at radius 2 is 1.88 bits per heavy atom. The van der Waals surface area contributed by atoms with E-state index in [1.807, 2.05) is 6.07 Å². The smallest absolute Gasteiger partial charge is 0.160 e. The van der Waals surface area contributed by atoms with Crippen molar-refractivity contribution in [3.63, 3.8) is 0 Å². The van der Waals surface area contributed by atoms with Gasteiger partial charge in [0.05, 0.1) is 14.2 Å². The summed E-state index contributed by atoms with van der Waals surface area (Å²) in [5, 5.41) is 0. The molecule has 0 atom stereocenters. The molecule has 0 heterocycles. The lowest BCUT2D eigenvalue weighted by atomic mass is 10.0. The molecular formula is C14H16O3. The molecule has 3 nitrogen and oxygen atoms in total. The number of benzene rings is 1. The van der Waals surface area contributed by atoms with Crippen LogP contribution in [0.4, 0.5) is 0 Å². The van der Waals surface area contributed by atoms with Crippen LogP contribution in [-0.4, -0.2) is 20.0 Å². The van der Waals surface area contributed by atoms with Crippen LogP contribution in [0.25, 0.3) is 5.76 Å². The van der Waals surface area contributed by atoms with Gasteiger partial charge in [-0.1, -0.05) is 0 Å². The first-order chi connectivity index (χ1) is 8.17. The highest BCUT2D eigenvalue weighted by Gasteiger charge is 2.23. The number of carbonyl (C=O) groups is 1. The van der Waals surface area contributed by atoms with Crippen molar-refractivity contribution in [2.45, 2.75) is 19.8 Å². The van der Waals surface area contributed by atoms with Crippen LogP contribution in [0.3, 0.4) is 0 Å². The minimum atomic E-state index is 0.0402. The first kappa shape index (κ1) is 11.7. The van der Waals surface area contributed by atoms with Crippen molar-refractivity contribution in [1.82, 2.24) is 0 Å². The maximum atomic E-state index is 11.6. The van der Waals surface area contributed by atoms with E-state index in [0.29, 0.717) is 5.56 Å². The third-order valence-electron chi connectivity index (χ3n) is 2.88. The quantitative estimate of drug-likeness (QED) is 0.591. The first-order valence-corrected chi connectivity index (χ1v) is 5.62. The zero-order chi connectivity index (χ0) is 12.4. The number of rotatable bonds is 4. The summed E-state index contributed by atoms with van der Waals surface area (Å²) in [6.45, 7) is 1.57. The van der Waals surface area contributed by atoms with Gasteiger partial charge in [-0.05, 0) is 43.5 Å². The molecule has 0 aliphatic heterocycles. The Morgan fingerprint density at radius 1 is 1.18 bits per heavy atom. The Morgan fingerprint density at radius 3 is 2.35 bits per heavy atom. The van der Waals surface area contributed by atoms with Gasteiger partial charge < -0.3 is 9.47 Å². The van der Waals surface area contributed by atoms with Crippen LogP contribution >= 0.6 is 0 Å². The zero-order valence-electron chi connectivity index (χ0n) is 10.4. The van der Waals surface area contributed by atoms with Crippen LogP contribution in [0.2, 0.25) is 0 Å². The van der Waals surface area contributed by atoms with Crippen LogP contribution in [0.1, 0.15) is 35.7 Å². The molecule has 0 unspecified atom stereocenters. The summed E-state index contributed by atoms with van der Waals surface area (Å²) in [6.07, 6.45) is 2.11. The molecule has 1 aliphatic carbocycles. The molecule has 0 spiro atoms. The molecule has 90 valence electrons. The number of carbonyl (C=O) groups excluding carboxylic acids is 1. The molecule has 1 aliphatic rings. The third kappa shape index (κ3) is 2.33. The first-order valence-electron chi connectivity index (χ1n) is 5.62. The van der Waals surface area contributed by atoms with Crippen LogP contribution < -0.4 is 4.74 Å². The molecule has 17 heavy (non-hydrogen) atoms. The van der Waals surface area contributed by atoms with Gasteiger partial charge in [0.15, 0.2) is 5.78 Å². The van der Waals surface area contributed by atoms with E-state index in [2.05, 4.69) is 0 Å². The van der Waals surface area contributed by atoms with Crippen LogP contribution in [0, 0.1) is 0 Å². The third-order valence-corrected chi connectivity index (χ3v) is 2.88. The summed E-state index contributed by atoms with van der Waals surface area (Å²) in [5.41, 5.74) is 2.79. The minimum absolute atomic E-state index is 0.0402. The van der Waals surface area contributed by atoms with Gasteiger partial charge in [-0.3, -0.25) is 4.79 Å². The fourth-order valence-corrected chi connectivity index (χ4v) is 1.88. The van der Waals surface area contributed by atoms with E-state index >= 15 is 0 Å². The van der Waals surface area contributed by atoms with E-state index in [9.17, 15) is 4.79 Å². The largest absolute Gasteiger partial charge is 0.497 e. The SMILES string of the molecule is COC(=C1CC1)c1cc(OC)ccc1C(C)=O. The molecule has 2 rings (SSSR count). The van der Waals surface area contributed by atoms with Crippen molar-refractivity contribution < 1.29 is 14.3 Å². The van der Waals surface area contributed by atoms with Crippen molar-refractivity contribution in [3.8, 4) is 5.75 Å². The van der Waals surface area contributed by atoms with Gasteiger partial charge in [-0.25, -0.2) is 0 Å². The average molecular weight is 232 g/mol.